The highest BCUT2D eigenvalue weighted by molar-refractivity contribution is 5.96. The molecule has 11 heteroatoms. The van der Waals surface area contributed by atoms with Crippen molar-refractivity contribution in [2.75, 3.05) is 31.1 Å². The third-order valence-electron chi connectivity index (χ3n) is 6.03. The van der Waals surface area contributed by atoms with Gasteiger partial charge in [0.25, 0.3) is 5.91 Å². The Morgan fingerprint density at radius 1 is 0.971 bits per heavy atom. The molecule has 35 heavy (non-hydrogen) atoms. The van der Waals surface area contributed by atoms with Crippen LogP contribution in [0.3, 0.4) is 0 Å². The van der Waals surface area contributed by atoms with Gasteiger partial charge < -0.3 is 14.2 Å². The van der Waals surface area contributed by atoms with E-state index in [9.17, 15) is 14.0 Å². The molecule has 5 aromatic rings. The van der Waals surface area contributed by atoms with E-state index in [0.717, 1.165) is 0 Å². The predicted molar refractivity (Wildman–Crippen MR) is 125 cm³/mol. The van der Waals surface area contributed by atoms with E-state index in [-0.39, 0.29) is 17.3 Å². The summed E-state index contributed by atoms with van der Waals surface area (Å²) in [5.41, 5.74) is 1.44. The summed E-state index contributed by atoms with van der Waals surface area (Å²) in [4.78, 5) is 37.8. The Hall–Kier alpha value is -4.67. The van der Waals surface area contributed by atoms with Gasteiger partial charge in [-0.15, -0.1) is 5.10 Å². The highest BCUT2D eigenvalue weighted by Crippen LogP contribution is 2.24. The van der Waals surface area contributed by atoms with Gasteiger partial charge in [0.2, 0.25) is 0 Å². The highest BCUT2D eigenvalue weighted by Gasteiger charge is 2.27. The maximum Gasteiger partial charge on any atom is 0.349 e. The van der Waals surface area contributed by atoms with Crippen LogP contribution in [0.1, 0.15) is 10.4 Å². The molecule has 1 aliphatic heterocycles. The molecule has 6 rings (SSSR count). The van der Waals surface area contributed by atoms with E-state index in [0.29, 0.717) is 59.8 Å². The number of piperazine rings is 1. The fraction of sp³-hybridized carbons (Fsp3) is 0.167. The molecule has 0 aliphatic carbocycles. The van der Waals surface area contributed by atoms with Gasteiger partial charge in [0, 0.05) is 31.6 Å². The first kappa shape index (κ1) is 20.9. The number of aromatic nitrogens is 5. The van der Waals surface area contributed by atoms with Gasteiger partial charge in [-0.1, -0.05) is 23.4 Å². The summed E-state index contributed by atoms with van der Waals surface area (Å²) < 4.78 is 20.2. The van der Waals surface area contributed by atoms with Crippen LogP contribution in [0.5, 0.6) is 0 Å². The van der Waals surface area contributed by atoms with Crippen LogP contribution in [0.4, 0.5) is 10.2 Å². The largest absolute Gasteiger partial charge is 0.422 e. The van der Waals surface area contributed by atoms with Crippen molar-refractivity contribution in [1.29, 1.82) is 0 Å². The second kappa shape index (κ2) is 8.28. The first-order valence-corrected chi connectivity index (χ1v) is 11.0. The van der Waals surface area contributed by atoms with Gasteiger partial charge in [0.05, 0.1) is 5.69 Å². The molecule has 0 bridgehead atoms. The number of nitrogens with zero attached hydrogens (tertiary/aromatic N) is 7. The Morgan fingerprint density at radius 2 is 1.74 bits per heavy atom. The van der Waals surface area contributed by atoms with E-state index < -0.39 is 5.63 Å². The zero-order valence-corrected chi connectivity index (χ0v) is 18.3. The minimum atomic E-state index is -0.647. The van der Waals surface area contributed by atoms with E-state index in [4.69, 9.17) is 4.42 Å². The van der Waals surface area contributed by atoms with Crippen molar-refractivity contribution < 1.29 is 13.6 Å². The van der Waals surface area contributed by atoms with Crippen molar-refractivity contribution in [2.24, 2.45) is 0 Å². The summed E-state index contributed by atoms with van der Waals surface area (Å²) in [7, 11) is 0. The molecule has 0 N–H and O–H groups in total. The number of benzene rings is 2. The minimum absolute atomic E-state index is 0.0174. The van der Waals surface area contributed by atoms with Crippen LogP contribution in [0.25, 0.3) is 27.8 Å². The Kier molecular flexibility index (Phi) is 4.94. The quantitative estimate of drug-likeness (QED) is 0.369. The first-order chi connectivity index (χ1) is 17.1. The van der Waals surface area contributed by atoms with Crippen LogP contribution < -0.4 is 10.5 Å². The number of rotatable bonds is 3. The molecule has 174 valence electrons. The second-order valence-corrected chi connectivity index (χ2v) is 8.11. The highest BCUT2D eigenvalue weighted by atomic mass is 19.1. The lowest BCUT2D eigenvalue weighted by molar-refractivity contribution is 0.0742. The fourth-order valence-electron chi connectivity index (χ4n) is 4.23. The molecule has 0 saturated carbocycles. The van der Waals surface area contributed by atoms with Crippen LogP contribution in [0.15, 0.2) is 70.1 Å². The molecule has 0 atom stereocenters. The minimum Gasteiger partial charge on any atom is -0.422 e. The smallest absolute Gasteiger partial charge is 0.349 e. The Balaban J connectivity index is 1.23. The van der Waals surface area contributed by atoms with Crippen molar-refractivity contribution in [3.8, 4) is 5.69 Å². The lowest BCUT2D eigenvalue weighted by Gasteiger charge is -2.35. The van der Waals surface area contributed by atoms with E-state index in [1.54, 1.807) is 41.3 Å². The summed E-state index contributed by atoms with van der Waals surface area (Å²) in [6.45, 7) is 1.76. The summed E-state index contributed by atoms with van der Waals surface area (Å²) in [6, 6.07) is 14.5. The average Bonchev–Trinajstić information content (AvgIpc) is 3.33. The van der Waals surface area contributed by atoms with Gasteiger partial charge in [-0.25, -0.2) is 19.2 Å². The summed E-state index contributed by atoms with van der Waals surface area (Å²) in [6.07, 6.45) is 1.43. The van der Waals surface area contributed by atoms with Gasteiger partial charge >= 0.3 is 5.63 Å². The molecule has 4 heterocycles. The van der Waals surface area contributed by atoms with Crippen molar-refractivity contribution in [1.82, 2.24) is 29.9 Å². The number of anilines is 1. The van der Waals surface area contributed by atoms with Crippen molar-refractivity contribution in [3.63, 3.8) is 0 Å². The summed E-state index contributed by atoms with van der Waals surface area (Å²) in [5.74, 6) is -0.109. The maximum atomic E-state index is 13.3. The van der Waals surface area contributed by atoms with E-state index in [2.05, 4.69) is 20.3 Å². The average molecular weight is 471 g/mol. The van der Waals surface area contributed by atoms with E-state index in [1.165, 1.54) is 23.1 Å². The number of para-hydroxylation sites is 1. The molecular weight excluding hydrogens is 453 g/mol. The van der Waals surface area contributed by atoms with Gasteiger partial charge in [0.15, 0.2) is 17.0 Å². The second-order valence-electron chi connectivity index (χ2n) is 8.11. The molecule has 1 amide bonds. The van der Waals surface area contributed by atoms with Crippen molar-refractivity contribution in [3.05, 3.63) is 82.7 Å². The molecule has 0 unspecified atom stereocenters. The van der Waals surface area contributed by atoms with Gasteiger partial charge in [0.1, 0.15) is 23.3 Å². The molecular formula is C24H18FN7O3. The third-order valence-corrected chi connectivity index (χ3v) is 6.03. The van der Waals surface area contributed by atoms with E-state index >= 15 is 0 Å². The molecule has 1 saturated heterocycles. The monoisotopic (exact) mass is 471 g/mol. The fourth-order valence-corrected chi connectivity index (χ4v) is 4.23. The SMILES string of the molecule is O=C(c1cc2ccccc2oc1=O)N1CCN(c2ncnc3c2nnn3-c2ccc(F)cc2)CC1. The van der Waals surface area contributed by atoms with Gasteiger partial charge in [-0.2, -0.15) is 4.68 Å². The number of hydrogen-bond acceptors (Lipinski definition) is 8. The molecule has 1 aliphatic rings. The molecule has 10 nitrogen and oxygen atoms in total. The predicted octanol–water partition coefficient (Wildman–Crippen LogP) is 2.42. The van der Waals surface area contributed by atoms with E-state index in [1.807, 2.05) is 11.0 Å². The first-order valence-electron chi connectivity index (χ1n) is 11.0. The lowest BCUT2D eigenvalue weighted by Crippen LogP contribution is -2.49. The van der Waals surface area contributed by atoms with Crippen LogP contribution >= 0.6 is 0 Å². The van der Waals surface area contributed by atoms with Crippen molar-refractivity contribution in [2.45, 2.75) is 0 Å². The van der Waals surface area contributed by atoms with Gasteiger partial charge in [-0.05, 0) is 36.4 Å². The lowest BCUT2D eigenvalue weighted by atomic mass is 10.1. The van der Waals surface area contributed by atoms with Crippen LogP contribution in [0, 0.1) is 5.82 Å². The van der Waals surface area contributed by atoms with Gasteiger partial charge in [-0.3, -0.25) is 4.79 Å². The molecule has 3 aromatic heterocycles. The van der Waals surface area contributed by atoms with Crippen LogP contribution in [-0.2, 0) is 0 Å². The Bertz CT molecular complexity index is 1620. The van der Waals surface area contributed by atoms with Crippen molar-refractivity contribution >= 4 is 33.9 Å². The molecule has 2 aromatic carbocycles. The third kappa shape index (κ3) is 3.66. The standard InChI is InChI=1S/C24H18FN7O3/c25-16-5-7-17(8-6-16)32-22-20(28-29-32)21(26-14-27-22)30-9-11-31(12-10-30)23(33)18-13-15-3-1-2-4-19(15)35-24(18)34/h1-8,13-14H,9-12H2. The molecule has 1 fully saturated rings. The van der Waals surface area contributed by atoms with Crippen LogP contribution in [-0.4, -0.2) is 61.9 Å². The number of halogens is 1. The molecule has 0 radical (unpaired) electrons. The molecule has 0 spiro atoms. The number of carbonyl (C=O) groups is 1. The normalized spacial score (nSPS) is 14.1. The zero-order chi connectivity index (χ0) is 23.9. The Morgan fingerprint density at radius 3 is 2.54 bits per heavy atom. The Labute approximate surface area is 197 Å². The number of hydrogen-bond donors (Lipinski definition) is 0. The van der Waals surface area contributed by atoms with Crippen LogP contribution in [0.2, 0.25) is 0 Å². The number of amides is 1. The topological polar surface area (TPSA) is 110 Å². The number of carbonyl (C=O) groups excluding carboxylic acids is 1. The number of fused-ring (bicyclic) bond motifs is 2. The summed E-state index contributed by atoms with van der Waals surface area (Å²) >= 11 is 0. The maximum absolute atomic E-state index is 13.3. The summed E-state index contributed by atoms with van der Waals surface area (Å²) in [5, 5.41) is 9.12. The zero-order valence-electron chi connectivity index (χ0n) is 18.3.